The van der Waals surface area contributed by atoms with Crippen LogP contribution in [0.1, 0.15) is 36.0 Å². The van der Waals surface area contributed by atoms with Gasteiger partial charge in [0.1, 0.15) is 0 Å². The summed E-state index contributed by atoms with van der Waals surface area (Å²) in [4.78, 5) is 27.1. The fourth-order valence-corrected chi connectivity index (χ4v) is 2.36. The van der Waals surface area contributed by atoms with E-state index in [1.54, 1.807) is 12.1 Å². The number of pyridine rings is 1. The summed E-state index contributed by atoms with van der Waals surface area (Å²) in [5.74, 6) is 0.516. The van der Waals surface area contributed by atoms with E-state index in [1.807, 2.05) is 0 Å². The molecule has 2 heterocycles. The van der Waals surface area contributed by atoms with E-state index in [4.69, 9.17) is 9.47 Å². The smallest absolute Gasteiger partial charge is 0.305 e. The molecule has 1 aromatic heterocycles. The van der Waals surface area contributed by atoms with E-state index in [2.05, 4.69) is 15.0 Å². The van der Waals surface area contributed by atoms with Crippen molar-refractivity contribution in [3.63, 3.8) is 0 Å². The Morgan fingerprint density at radius 2 is 2.12 bits per heavy atom. The van der Waals surface area contributed by atoms with Crippen LogP contribution in [0.5, 0.6) is 5.88 Å². The van der Waals surface area contributed by atoms with Gasteiger partial charge in [0.05, 0.1) is 19.3 Å². The first-order chi connectivity index (χ1) is 11.7. The second-order valence-electron chi connectivity index (χ2n) is 5.69. The highest BCUT2D eigenvalue weighted by atomic mass is 16.5. The molecule has 24 heavy (non-hydrogen) atoms. The van der Waals surface area contributed by atoms with Crippen LogP contribution in [0.25, 0.3) is 0 Å². The van der Waals surface area contributed by atoms with E-state index in [0.29, 0.717) is 36.9 Å². The second-order valence-corrected chi connectivity index (χ2v) is 5.69. The molecule has 2 rings (SSSR count). The minimum Gasteiger partial charge on any atom is -0.477 e. The average molecular weight is 336 g/mol. The Morgan fingerprint density at radius 1 is 1.33 bits per heavy atom. The van der Waals surface area contributed by atoms with E-state index < -0.39 is 0 Å². The van der Waals surface area contributed by atoms with Gasteiger partial charge in [-0.15, -0.1) is 0 Å². The van der Waals surface area contributed by atoms with E-state index in [9.17, 15) is 9.59 Å². The van der Waals surface area contributed by atoms with Crippen LogP contribution in [0.15, 0.2) is 18.3 Å². The quantitative estimate of drug-likeness (QED) is 0.573. The fourth-order valence-electron chi connectivity index (χ4n) is 2.36. The number of carbonyl (C=O) groups is 2. The van der Waals surface area contributed by atoms with E-state index in [0.717, 1.165) is 26.1 Å². The third kappa shape index (κ3) is 6.16. The first-order valence-corrected chi connectivity index (χ1v) is 8.20. The largest absolute Gasteiger partial charge is 0.477 e. The molecular weight excluding hydrogens is 312 g/mol. The summed E-state index contributed by atoms with van der Waals surface area (Å²) in [7, 11) is 1.35. The topological polar surface area (TPSA) is 86.8 Å². The molecule has 0 aromatic carbocycles. The van der Waals surface area contributed by atoms with Gasteiger partial charge < -0.3 is 19.5 Å². The zero-order valence-corrected chi connectivity index (χ0v) is 14.0. The van der Waals surface area contributed by atoms with Gasteiger partial charge in [0.25, 0.3) is 5.91 Å². The lowest BCUT2D eigenvalue weighted by atomic mass is 10.0. The van der Waals surface area contributed by atoms with Crippen LogP contribution < -0.4 is 10.1 Å². The lowest BCUT2D eigenvalue weighted by Crippen LogP contribution is -2.25. The summed E-state index contributed by atoms with van der Waals surface area (Å²) in [5.41, 5.74) is 0.464. The van der Waals surface area contributed by atoms with E-state index in [1.165, 1.54) is 13.3 Å². The third-order valence-electron chi connectivity index (χ3n) is 3.88. The van der Waals surface area contributed by atoms with Crippen LogP contribution >= 0.6 is 0 Å². The highest BCUT2D eigenvalue weighted by Crippen LogP contribution is 2.16. The molecule has 7 heteroatoms. The van der Waals surface area contributed by atoms with Crippen LogP contribution in [0.4, 0.5) is 0 Å². The molecule has 1 aliphatic heterocycles. The summed E-state index contributed by atoms with van der Waals surface area (Å²) in [6, 6.07) is 3.38. The third-order valence-corrected chi connectivity index (χ3v) is 3.88. The standard InChI is InChI=1S/C17H24N2O5/c1-22-16(20)3-2-8-18-17(21)14-4-5-15(19-11-14)24-12-13-6-9-23-10-7-13/h4-5,11,13H,2-3,6-10,12H2,1H3,(H,18,21). The Kier molecular flexibility index (Phi) is 7.48. The van der Waals surface area contributed by atoms with Gasteiger partial charge in [0.15, 0.2) is 0 Å². The summed E-state index contributed by atoms with van der Waals surface area (Å²) in [6.45, 7) is 2.61. The number of aromatic nitrogens is 1. The van der Waals surface area contributed by atoms with Crippen molar-refractivity contribution in [1.82, 2.24) is 10.3 Å². The molecule has 0 spiro atoms. The molecule has 0 bridgehead atoms. The minimum atomic E-state index is -0.281. The number of carbonyl (C=O) groups excluding carboxylic acids is 2. The summed E-state index contributed by atoms with van der Waals surface area (Å²) < 4.78 is 15.5. The summed E-state index contributed by atoms with van der Waals surface area (Å²) >= 11 is 0. The molecular formula is C17H24N2O5. The Balaban J connectivity index is 1.70. The van der Waals surface area contributed by atoms with Gasteiger partial charge in [-0.1, -0.05) is 0 Å². The molecule has 1 N–H and O–H groups in total. The van der Waals surface area contributed by atoms with Crippen molar-refractivity contribution in [3.05, 3.63) is 23.9 Å². The van der Waals surface area contributed by atoms with Gasteiger partial charge in [-0.05, 0) is 31.2 Å². The van der Waals surface area contributed by atoms with Gasteiger partial charge in [-0.3, -0.25) is 9.59 Å². The predicted molar refractivity (Wildman–Crippen MR) is 86.9 cm³/mol. The summed E-state index contributed by atoms with van der Waals surface area (Å²) in [5, 5.41) is 2.74. The molecule has 0 saturated carbocycles. The molecule has 1 amide bonds. The van der Waals surface area contributed by atoms with Crippen molar-refractivity contribution in [2.24, 2.45) is 5.92 Å². The first-order valence-electron chi connectivity index (χ1n) is 8.20. The second kappa shape index (κ2) is 9.87. The summed E-state index contributed by atoms with van der Waals surface area (Å²) in [6.07, 6.45) is 4.33. The number of hydrogen-bond donors (Lipinski definition) is 1. The molecule has 7 nitrogen and oxygen atoms in total. The maximum Gasteiger partial charge on any atom is 0.305 e. The molecule has 1 saturated heterocycles. The maximum atomic E-state index is 12.0. The van der Waals surface area contributed by atoms with Gasteiger partial charge in [0, 0.05) is 38.4 Å². The Bertz CT molecular complexity index is 526. The molecule has 132 valence electrons. The highest BCUT2D eigenvalue weighted by molar-refractivity contribution is 5.93. The Hall–Kier alpha value is -2.15. The zero-order chi connectivity index (χ0) is 17.2. The molecule has 0 unspecified atom stereocenters. The molecule has 0 radical (unpaired) electrons. The zero-order valence-electron chi connectivity index (χ0n) is 14.0. The number of esters is 1. The number of nitrogens with one attached hydrogen (secondary N) is 1. The number of amides is 1. The number of hydrogen-bond acceptors (Lipinski definition) is 6. The maximum absolute atomic E-state index is 12.0. The SMILES string of the molecule is COC(=O)CCCNC(=O)c1ccc(OCC2CCOCC2)nc1. The number of rotatable bonds is 8. The highest BCUT2D eigenvalue weighted by Gasteiger charge is 2.15. The van der Waals surface area contributed by atoms with Gasteiger partial charge >= 0.3 is 5.97 Å². The number of nitrogens with zero attached hydrogens (tertiary/aromatic N) is 1. The predicted octanol–water partition coefficient (Wildman–Crippen LogP) is 1.57. The Labute approximate surface area is 141 Å². The van der Waals surface area contributed by atoms with Crippen molar-refractivity contribution in [2.75, 3.05) is 33.5 Å². The van der Waals surface area contributed by atoms with Crippen LogP contribution in [-0.2, 0) is 14.3 Å². The number of ether oxygens (including phenoxy) is 3. The molecule has 1 fully saturated rings. The Morgan fingerprint density at radius 3 is 2.79 bits per heavy atom. The van der Waals surface area contributed by atoms with Crippen molar-refractivity contribution in [3.8, 4) is 5.88 Å². The lowest BCUT2D eigenvalue weighted by molar-refractivity contribution is -0.140. The van der Waals surface area contributed by atoms with Crippen molar-refractivity contribution < 1.29 is 23.8 Å². The van der Waals surface area contributed by atoms with Crippen LogP contribution in [0, 0.1) is 5.92 Å². The molecule has 1 aromatic rings. The number of methoxy groups -OCH3 is 1. The normalized spacial score (nSPS) is 14.9. The van der Waals surface area contributed by atoms with Crippen LogP contribution in [0.2, 0.25) is 0 Å². The fraction of sp³-hybridized carbons (Fsp3) is 0.588. The van der Waals surface area contributed by atoms with Gasteiger partial charge in [-0.25, -0.2) is 4.98 Å². The van der Waals surface area contributed by atoms with Crippen molar-refractivity contribution in [2.45, 2.75) is 25.7 Å². The van der Waals surface area contributed by atoms with Gasteiger partial charge in [0.2, 0.25) is 5.88 Å². The molecule has 0 aliphatic carbocycles. The van der Waals surface area contributed by atoms with E-state index >= 15 is 0 Å². The van der Waals surface area contributed by atoms with Crippen molar-refractivity contribution >= 4 is 11.9 Å². The monoisotopic (exact) mass is 336 g/mol. The molecule has 0 atom stereocenters. The van der Waals surface area contributed by atoms with E-state index in [-0.39, 0.29) is 18.3 Å². The van der Waals surface area contributed by atoms with Gasteiger partial charge in [-0.2, -0.15) is 0 Å². The first kappa shape index (κ1) is 18.2. The van der Waals surface area contributed by atoms with Crippen LogP contribution in [-0.4, -0.2) is 50.3 Å². The average Bonchev–Trinajstić information content (AvgIpc) is 2.64. The lowest BCUT2D eigenvalue weighted by Gasteiger charge is -2.21. The molecule has 1 aliphatic rings. The minimum absolute atomic E-state index is 0.219. The van der Waals surface area contributed by atoms with Crippen molar-refractivity contribution in [1.29, 1.82) is 0 Å². The van der Waals surface area contributed by atoms with Crippen LogP contribution in [0.3, 0.4) is 0 Å².